The first-order valence-electron chi connectivity index (χ1n) is 7.62. The molecular weight excluding hydrogens is 312 g/mol. The molecular formula is C17H24N2O3S. The summed E-state index contributed by atoms with van der Waals surface area (Å²) in [5, 5.41) is 0. The minimum atomic E-state index is -0.134. The van der Waals surface area contributed by atoms with Gasteiger partial charge in [-0.3, -0.25) is 0 Å². The van der Waals surface area contributed by atoms with Gasteiger partial charge in [-0.25, -0.2) is 4.98 Å². The molecule has 5 nitrogen and oxygen atoms in total. The first-order chi connectivity index (χ1) is 11.2. The van der Waals surface area contributed by atoms with Gasteiger partial charge in [0.2, 0.25) is 0 Å². The maximum atomic E-state index is 6.16. The Morgan fingerprint density at radius 1 is 1.09 bits per heavy atom. The fraction of sp³-hybridized carbons (Fsp3) is 0.471. The van der Waals surface area contributed by atoms with E-state index in [-0.39, 0.29) is 6.04 Å². The fourth-order valence-corrected chi connectivity index (χ4v) is 2.94. The monoisotopic (exact) mass is 336 g/mol. The van der Waals surface area contributed by atoms with E-state index in [1.54, 1.807) is 18.4 Å². The number of ether oxygens (including phenoxy) is 3. The molecule has 0 fully saturated rings. The Hall–Kier alpha value is -1.31. The van der Waals surface area contributed by atoms with Crippen LogP contribution in [-0.4, -0.2) is 45.1 Å². The highest BCUT2D eigenvalue weighted by Crippen LogP contribution is 2.27. The van der Waals surface area contributed by atoms with E-state index in [2.05, 4.69) is 29.2 Å². The van der Waals surface area contributed by atoms with Gasteiger partial charge < -0.3 is 19.9 Å². The normalized spacial score (nSPS) is 12.5. The Labute approximate surface area is 141 Å². The van der Waals surface area contributed by atoms with Gasteiger partial charge in [0.1, 0.15) is 0 Å². The lowest BCUT2D eigenvalue weighted by atomic mass is 10.0. The molecule has 1 aromatic carbocycles. The number of hydrogen-bond donors (Lipinski definition) is 1. The number of nitrogens with zero attached hydrogens (tertiary/aromatic N) is 1. The van der Waals surface area contributed by atoms with Gasteiger partial charge in [-0.15, -0.1) is 11.3 Å². The molecule has 0 unspecified atom stereocenters. The highest BCUT2D eigenvalue weighted by atomic mass is 32.1. The van der Waals surface area contributed by atoms with Gasteiger partial charge in [0, 0.05) is 7.11 Å². The van der Waals surface area contributed by atoms with Crippen LogP contribution in [0.2, 0.25) is 0 Å². The zero-order valence-corrected chi connectivity index (χ0v) is 14.5. The molecule has 2 rings (SSSR count). The van der Waals surface area contributed by atoms with Gasteiger partial charge in [-0.1, -0.05) is 24.3 Å². The van der Waals surface area contributed by atoms with E-state index < -0.39 is 0 Å². The predicted octanol–water partition coefficient (Wildman–Crippen LogP) is 2.80. The smallest absolute Gasteiger partial charge is 0.0801 e. The second-order valence-electron chi connectivity index (χ2n) is 5.18. The molecule has 0 saturated carbocycles. The van der Waals surface area contributed by atoms with Crippen molar-refractivity contribution >= 4 is 11.3 Å². The van der Waals surface area contributed by atoms with Crippen LogP contribution in [0.15, 0.2) is 29.8 Å². The van der Waals surface area contributed by atoms with Crippen LogP contribution in [0.4, 0.5) is 0 Å². The second kappa shape index (κ2) is 9.75. The van der Waals surface area contributed by atoms with Crippen LogP contribution in [0.5, 0.6) is 0 Å². The van der Waals surface area contributed by atoms with Gasteiger partial charge in [-0.2, -0.15) is 0 Å². The van der Waals surface area contributed by atoms with E-state index in [0.29, 0.717) is 33.0 Å². The van der Waals surface area contributed by atoms with E-state index >= 15 is 0 Å². The minimum absolute atomic E-state index is 0.134. The Bertz CT molecular complexity index is 571. The van der Waals surface area contributed by atoms with Crippen molar-refractivity contribution in [2.45, 2.75) is 13.0 Å². The van der Waals surface area contributed by atoms with Crippen molar-refractivity contribution in [2.24, 2.45) is 5.73 Å². The van der Waals surface area contributed by atoms with Crippen molar-refractivity contribution in [2.75, 3.05) is 40.1 Å². The SMILES string of the molecule is COCCOCCOC[C@H](N)c1ccc(-c2scnc2C)cc1. The van der Waals surface area contributed by atoms with E-state index in [1.807, 2.05) is 12.4 Å². The molecule has 1 atom stereocenters. The van der Waals surface area contributed by atoms with Gasteiger partial charge in [-0.05, 0) is 18.1 Å². The molecule has 0 aliphatic carbocycles. The van der Waals surface area contributed by atoms with Gasteiger partial charge in [0.05, 0.1) is 55.2 Å². The predicted molar refractivity (Wildman–Crippen MR) is 92.7 cm³/mol. The van der Waals surface area contributed by atoms with Crippen LogP contribution in [0, 0.1) is 6.92 Å². The highest BCUT2D eigenvalue weighted by Gasteiger charge is 2.08. The molecule has 1 heterocycles. The van der Waals surface area contributed by atoms with Gasteiger partial charge >= 0.3 is 0 Å². The maximum absolute atomic E-state index is 6.16. The van der Waals surface area contributed by atoms with Crippen molar-refractivity contribution in [1.82, 2.24) is 4.98 Å². The van der Waals surface area contributed by atoms with Gasteiger partial charge in [0.15, 0.2) is 0 Å². The number of nitrogens with two attached hydrogens (primary N) is 1. The third-order valence-electron chi connectivity index (χ3n) is 3.45. The molecule has 0 saturated heterocycles. The van der Waals surface area contributed by atoms with Crippen molar-refractivity contribution in [3.63, 3.8) is 0 Å². The van der Waals surface area contributed by atoms with E-state index in [4.69, 9.17) is 19.9 Å². The summed E-state index contributed by atoms with van der Waals surface area (Å²) in [5.41, 5.74) is 11.3. The van der Waals surface area contributed by atoms with Crippen LogP contribution in [0.25, 0.3) is 10.4 Å². The quantitative estimate of drug-likeness (QED) is 0.676. The summed E-state index contributed by atoms with van der Waals surface area (Å²) >= 11 is 1.65. The molecule has 0 bridgehead atoms. The van der Waals surface area contributed by atoms with Crippen LogP contribution in [0.1, 0.15) is 17.3 Å². The van der Waals surface area contributed by atoms with E-state index in [0.717, 1.165) is 11.3 Å². The number of rotatable bonds is 10. The second-order valence-corrected chi connectivity index (χ2v) is 6.03. The lowest BCUT2D eigenvalue weighted by Gasteiger charge is -2.13. The van der Waals surface area contributed by atoms with Crippen molar-refractivity contribution in [1.29, 1.82) is 0 Å². The molecule has 0 amide bonds. The van der Waals surface area contributed by atoms with E-state index in [1.165, 1.54) is 10.4 Å². The largest absolute Gasteiger partial charge is 0.382 e. The zero-order valence-electron chi connectivity index (χ0n) is 13.7. The number of aryl methyl sites for hydroxylation is 1. The molecule has 2 N–H and O–H groups in total. The average molecular weight is 336 g/mol. The van der Waals surface area contributed by atoms with Crippen LogP contribution < -0.4 is 5.73 Å². The number of hydrogen-bond acceptors (Lipinski definition) is 6. The molecule has 0 radical (unpaired) electrons. The molecule has 0 aliphatic rings. The average Bonchev–Trinajstić information content (AvgIpc) is 3.00. The Morgan fingerprint density at radius 2 is 1.78 bits per heavy atom. The molecule has 23 heavy (non-hydrogen) atoms. The molecule has 6 heteroatoms. The summed E-state index contributed by atoms with van der Waals surface area (Å²) in [5.74, 6) is 0. The lowest BCUT2D eigenvalue weighted by molar-refractivity contribution is 0.0216. The Kier molecular flexibility index (Phi) is 7.64. The summed E-state index contributed by atoms with van der Waals surface area (Å²) in [7, 11) is 1.65. The standard InChI is InChI=1S/C17H24N2O3S/c1-13-17(23-12-19-13)15-5-3-14(4-6-15)16(18)11-22-10-9-21-8-7-20-2/h3-6,12,16H,7-11,18H2,1-2H3/t16-/m0/s1. The maximum Gasteiger partial charge on any atom is 0.0801 e. The third kappa shape index (κ3) is 5.67. The highest BCUT2D eigenvalue weighted by molar-refractivity contribution is 7.13. The number of aromatic nitrogens is 1. The first kappa shape index (κ1) is 18.0. The van der Waals surface area contributed by atoms with Crippen LogP contribution >= 0.6 is 11.3 Å². The summed E-state index contributed by atoms with van der Waals surface area (Å²) in [4.78, 5) is 5.48. The first-order valence-corrected chi connectivity index (χ1v) is 8.50. The Morgan fingerprint density at radius 3 is 2.43 bits per heavy atom. The number of methoxy groups -OCH3 is 1. The summed E-state index contributed by atoms with van der Waals surface area (Å²) in [6, 6.07) is 8.15. The molecule has 0 spiro atoms. The lowest BCUT2D eigenvalue weighted by Crippen LogP contribution is -2.19. The van der Waals surface area contributed by atoms with Crippen LogP contribution in [0.3, 0.4) is 0 Å². The number of thiazole rings is 1. The number of benzene rings is 1. The van der Waals surface area contributed by atoms with Gasteiger partial charge in [0.25, 0.3) is 0 Å². The fourth-order valence-electron chi connectivity index (χ4n) is 2.13. The van der Waals surface area contributed by atoms with Crippen LogP contribution in [-0.2, 0) is 14.2 Å². The third-order valence-corrected chi connectivity index (χ3v) is 4.43. The summed E-state index contributed by atoms with van der Waals surface area (Å²) in [6.07, 6.45) is 0. The Balaban J connectivity index is 1.75. The molecule has 0 aliphatic heterocycles. The van der Waals surface area contributed by atoms with Crippen molar-refractivity contribution in [3.05, 3.63) is 41.0 Å². The van der Waals surface area contributed by atoms with E-state index in [9.17, 15) is 0 Å². The van der Waals surface area contributed by atoms with Crippen molar-refractivity contribution < 1.29 is 14.2 Å². The summed E-state index contributed by atoms with van der Waals surface area (Å²) < 4.78 is 15.8. The van der Waals surface area contributed by atoms with Crippen molar-refractivity contribution in [3.8, 4) is 10.4 Å². The topological polar surface area (TPSA) is 66.6 Å². The minimum Gasteiger partial charge on any atom is -0.382 e. The summed E-state index contributed by atoms with van der Waals surface area (Å²) in [6.45, 7) is 4.78. The molecule has 126 valence electrons. The molecule has 1 aromatic heterocycles. The zero-order chi connectivity index (χ0) is 16.5. The molecule has 2 aromatic rings.